The number of benzene rings is 4. The number of rotatable bonds is 22. The molecule has 75 heavy (non-hydrogen) atoms. The minimum absolute atomic E-state index is 0.00489. The number of fused-ring (bicyclic) bond motifs is 1. The summed E-state index contributed by atoms with van der Waals surface area (Å²) in [6.07, 6.45) is -0.910. The fraction of sp³-hybridized carbons (Fsp3) is 0.482. The molecule has 2 atom stereocenters. The summed E-state index contributed by atoms with van der Waals surface area (Å²) in [5.74, 6) is -5.95. The zero-order chi connectivity index (χ0) is 55.4. The molecule has 0 spiro atoms. The normalized spacial score (nSPS) is 14.8. The van der Waals surface area contributed by atoms with E-state index in [-0.39, 0.29) is 57.2 Å². The zero-order valence-electron chi connectivity index (χ0n) is 44.6. The molecule has 1 saturated heterocycles. The molecule has 1 heterocycles. The van der Waals surface area contributed by atoms with Crippen molar-refractivity contribution in [1.29, 1.82) is 0 Å². The average Bonchev–Trinajstić information content (AvgIpc) is 3.30. The van der Waals surface area contributed by atoms with E-state index in [1.807, 2.05) is 42.5 Å². The Morgan fingerprint density at radius 1 is 0.733 bits per heavy atom. The number of nitrogens with zero attached hydrogens (tertiary/aromatic N) is 1. The second kappa shape index (κ2) is 25.3. The van der Waals surface area contributed by atoms with Gasteiger partial charge in [0.2, 0.25) is 23.6 Å². The number of nitrogens with two attached hydrogens (primary N) is 1. The predicted molar refractivity (Wildman–Crippen MR) is 283 cm³/mol. The lowest BCUT2D eigenvalue weighted by atomic mass is 9.84. The van der Waals surface area contributed by atoms with Gasteiger partial charge < -0.3 is 50.2 Å². The van der Waals surface area contributed by atoms with E-state index in [0.29, 0.717) is 29.5 Å². The quantitative estimate of drug-likeness (QED) is 0.0283. The Bertz CT molecular complexity index is 2690. The van der Waals surface area contributed by atoms with Crippen LogP contribution < -0.4 is 21.7 Å². The first kappa shape index (κ1) is 59.3. The topological polar surface area (TPSA) is 259 Å². The minimum atomic E-state index is -3.67. The molecule has 0 bridgehead atoms. The number of primary amides is 1. The van der Waals surface area contributed by atoms with Crippen LogP contribution in [0.25, 0.3) is 10.8 Å². The van der Waals surface area contributed by atoms with Crippen molar-refractivity contribution < 1.29 is 61.8 Å². The maximum absolute atomic E-state index is 14.8. The van der Waals surface area contributed by atoms with Crippen LogP contribution in [0.2, 0.25) is 0 Å². The van der Waals surface area contributed by atoms with Crippen LogP contribution in [-0.2, 0) is 72.7 Å². The summed E-state index contributed by atoms with van der Waals surface area (Å²) in [5.41, 5.74) is 4.34. The molecule has 0 radical (unpaired) electrons. The highest BCUT2D eigenvalue weighted by molar-refractivity contribution is 7.53. The number of ether oxygens (including phenoxy) is 2. The highest BCUT2D eigenvalue weighted by Gasteiger charge is 2.46. The molecule has 406 valence electrons. The summed E-state index contributed by atoms with van der Waals surface area (Å²) in [6.45, 7) is 15.6. The number of carboxylic acid groups (broad SMARTS) is 1. The molecule has 0 aliphatic carbocycles. The summed E-state index contributed by atoms with van der Waals surface area (Å²) in [6, 6.07) is 25.3. The fourth-order valence-electron chi connectivity index (χ4n) is 8.68. The Balaban J connectivity index is 1.39. The van der Waals surface area contributed by atoms with Crippen molar-refractivity contribution in [3.8, 4) is 0 Å². The summed E-state index contributed by atoms with van der Waals surface area (Å²) >= 11 is 0. The van der Waals surface area contributed by atoms with Gasteiger partial charge in [0.1, 0.15) is 23.8 Å². The van der Waals surface area contributed by atoms with Crippen molar-refractivity contribution in [2.45, 2.75) is 148 Å². The Morgan fingerprint density at radius 3 is 1.91 bits per heavy atom. The van der Waals surface area contributed by atoms with Crippen LogP contribution in [0.15, 0.2) is 91.0 Å². The number of piperidine rings is 1. The van der Waals surface area contributed by atoms with E-state index >= 15 is 0 Å². The summed E-state index contributed by atoms with van der Waals surface area (Å²) in [4.78, 5) is 95.4. The van der Waals surface area contributed by atoms with Crippen molar-refractivity contribution in [2.24, 2.45) is 11.7 Å². The molecule has 18 nitrogen and oxygen atoms in total. The first-order chi connectivity index (χ1) is 35.0. The number of likely N-dealkylation sites (tertiary alicyclic amines) is 1. The lowest BCUT2D eigenvalue weighted by Crippen LogP contribution is -2.66. The molecule has 6 N–H and O–H groups in total. The average molecular weight is 1060 g/mol. The maximum atomic E-state index is 14.8. The number of carbonyl (C=O) groups is 7. The van der Waals surface area contributed by atoms with Gasteiger partial charge >= 0.3 is 25.6 Å². The number of esters is 1. The van der Waals surface area contributed by atoms with Gasteiger partial charge in [-0.3, -0.25) is 28.5 Å². The SMILES string of the molecule is CC(C)(C)OC(=O)C[C@@H](Cc1ccc(CP(=O)(OC(C)(C)C)OC(C)(C)C)cc1)C(=O)NC1(C(=O)N[C@@H](CC(N)=O)C(=O)NCCCc2cccc3ccccc23)CCN(C(=O)OCc2ccc(C(=O)O)cc2)CC1. The van der Waals surface area contributed by atoms with Crippen molar-refractivity contribution in [3.05, 3.63) is 119 Å². The molecule has 0 aromatic heterocycles. The van der Waals surface area contributed by atoms with Gasteiger partial charge in [-0.25, -0.2) is 9.59 Å². The van der Waals surface area contributed by atoms with E-state index in [4.69, 9.17) is 24.3 Å². The van der Waals surface area contributed by atoms with Gasteiger partial charge in [-0.05, 0) is 140 Å². The van der Waals surface area contributed by atoms with Crippen LogP contribution in [-0.4, -0.2) is 99.7 Å². The Kier molecular flexibility index (Phi) is 20.0. The monoisotopic (exact) mass is 1060 g/mol. The molecule has 4 aromatic rings. The second-order valence-electron chi connectivity index (χ2n) is 22.0. The summed E-state index contributed by atoms with van der Waals surface area (Å²) < 4.78 is 37.3. The molecule has 1 aliphatic rings. The number of carbonyl (C=O) groups excluding carboxylic acids is 6. The van der Waals surface area contributed by atoms with Gasteiger partial charge in [0.05, 0.1) is 41.7 Å². The fourth-order valence-corrected chi connectivity index (χ4v) is 11.2. The van der Waals surface area contributed by atoms with Crippen LogP contribution in [0.4, 0.5) is 4.79 Å². The molecule has 4 aromatic carbocycles. The van der Waals surface area contributed by atoms with Gasteiger partial charge in [-0.15, -0.1) is 0 Å². The second-order valence-corrected chi connectivity index (χ2v) is 23.9. The molecule has 19 heteroatoms. The molecular formula is C56H74N5O13P. The summed E-state index contributed by atoms with van der Waals surface area (Å²) in [5, 5.41) is 19.9. The Morgan fingerprint density at radius 2 is 1.32 bits per heavy atom. The number of carboxylic acids is 1. The van der Waals surface area contributed by atoms with Crippen LogP contribution in [0.5, 0.6) is 0 Å². The van der Waals surface area contributed by atoms with Crippen LogP contribution in [0, 0.1) is 5.92 Å². The molecule has 5 rings (SSSR count). The lowest BCUT2D eigenvalue weighted by molar-refractivity contribution is -0.157. The number of hydrogen-bond acceptors (Lipinski definition) is 12. The van der Waals surface area contributed by atoms with Crippen molar-refractivity contribution >= 4 is 60.0 Å². The minimum Gasteiger partial charge on any atom is -0.478 e. The largest absolute Gasteiger partial charge is 0.478 e. The van der Waals surface area contributed by atoms with Crippen LogP contribution in [0.1, 0.15) is 127 Å². The van der Waals surface area contributed by atoms with E-state index in [1.54, 1.807) is 86.6 Å². The molecule has 0 saturated carbocycles. The predicted octanol–water partition coefficient (Wildman–Crippen LogP) is 8.15. The third-order valence-corrected chi connectivity index (χ3v) is 14.4. The number of nitrogens with one attached hydrogen (secondary N) is 3. The van der Waals surface area contributed by atoms with Crippen LogP contribution >= 0.6 is 7.60 Å². The first-order valence-electron chi connectivity index (χ1n) is 25.2. The van der Waals surface area contributed by atoms with Gasteiger partial charge in [0.15, 0.2) is 0 Å². The van der Waals surface area contributed by atoms with Crippen molar-refractivity contribution in [2.75, 3.05) is 19.6 Å². The summed E-state index contributed by atoms with van der Waals surface area (Å²) in [7, 11) is -3.67. The lowest BCUT2D eigenvalue weighted by Gasteiger charge is -2.41. The number of aromatic carboxylic acids is 1. The molecule has 5 amide bonds. The van der Waals surface area contributed by atoms with Gasteiger partial charge in [0, 0.05) is 19.6 Å². The third-order valence-electron chi connectivity index (χ3n) is 12.0. The Labute approximate surface area is 439 Å². The number of amides is 5. The molecule has 0 unspecified atom stereocenters. The maximum Gasteiger partial charge on any atom is 0.410 e. The number of hydrogen-bond donors (Lipinski definition) is 5. The zero-order valence-corrected chi connectivity index (χ0v) is 45.5. The van der Waals surface area contributed by atoms with Gasteiger partial charge in [-0.2, -0.15) is 0 Å². The molecule has 1 fully saturated rings. The smallest absolute Gasteiger partial charge is 0.410 e. The van der Waals surface area contributed by atoms with Crippen molar-refractivity contribution in [1.82, 2.24) is 20.9 Å². The molecule has 1 aliphatic heterocycles. The van der Waals surface area contributed by atoms with E-state index in [9.17, 15) is 43.2 Å². The van der Waals surface area contributed by atoms with Crippen molar-refractivity contribution in [3.63, 3.8) is 0 Å². The van der Waals surface area contributed by atoms with E-state index in [1.165, 1.54) is 29.2 Å². The standard InChI is InChI=1S/C56H74N5O13P/c1-53(2,3)72-47(63)33-43(32-37-19-21-39(22-20-37)36-75(70,73-54(4,5)6)74-55(7,8)9)48(64)60-56(27-30-61(31-28-56)52(69)71-35-38-23-25-42(26-24-38)50(66)67)51(68)59-45(34-46(57)62)49(65)58-29-13-17-41-16-12-15-40-14-10-11-18-44(40)41/h10-12,14-16,18-26,43,45H,13,17,27-36H2,1-9H3,(H2,57,62)(H,58,65)(H,59,68)(H,60,64)(H,66,67)/t43-,45+/m1/s1. The molecular weight excluding hydrogens is 982 g/mol. The van der Waals surface area contributed by atoms with Gasteiger partial charge in [0.25, 0.3) is 0 Å². The van der Waals surface area contributed by atoms with Gasteiger partial charge in [-0.1, -0.05) is 78.9 Å². The number of aryl methyl sites for hydroxylation is 1. The highest BCUT2D eigenvalue weighted by atomic mass is 31.2. The third kappa shape index (κ3) is 18.9. The van der Waals surface area contributed by atoms with E-state index in [0.717, 1.165) is 16.3 Å². The van der Waals surface area contributed by atoms with E-state index in [2.05, 4.69) is 16.0 Å². The highest BCUT2D eigenvalue weighted by Crippen LogP contribution is 2.57. The first-order valence-corrected chi connectivity index (χ1v) is 26.9. The Hall–Kier alpha value is -6.62. The van der Waals surface area contributed by atoms with Crippen LogP contribution in [0.3, 0.4) is 0 Å². The van der Waals surface area contributed by atoms with E-state index < -0.39 is 96.4 Å².